The van der Waals surface area contributed by atoms with Crippen molar-refractivity contribution in [3.63, 3.8) is 0 Å². The third-order valence-electron chi connectivity index (χ3n) is 5.13. The van der Waals surface area contributed by atoms with Gasteiger partial charge in [-0.3, -0.25) is 9.69 Å². The number of carbonyl (C=O) groups is 1. The van der Waals surface area contributed by atoms with E-state index in [9.17, 15) is 4.79 Å². The van der Waals surface area contributed by atoms with Crippen molar-refractivity contribution in [3.8, 4) is 0 Å². The van der Waals surface area contributed by atoms with E-state index >= 15 is 0 Å². The monoisotopic (exact) mass is 302 g/mol. The van der Waals surface area contributed by atoms with E-state index in [1.165, 1.54) is 0 Å². The highest BCUT2D eigenvalue weighted by molar-refractivity contribution is 6.04. The number of hydrogen-bond acceptors (Lipinski definition) is 4. The molecule has 1 aliphatic heterocycles. The molecule has 1 heterocycles. The maximum Gasteiger partial charge on any atom is 0.166 e. The highest BCUT2D eigenvalue weighted by Gasteiger charge is 2.42. The van der Waals surface area contributed by atoms with Crippen LogP contribution in [-0.4, -0.2) is 43.5 Å². The third kappa shape index (κ3) is 2.66. The van der Waals surface area contributed by atoms with E-state index in [1.807, 2.05) is 12.1 Å². The van der Waals surface area contributed by atoms with Crippen LogP contribution in [0.3, 0.4) is 0 Å². The molecule has 0 saturated carbocycles. The number of methoxy groups -OCH3 is 1. The normalized spacial score (nSPS) is 28.3. The molecule has 0 spiro atoms. The summed E-state index contributed by atoms with van der Waals surface area (Å²) in [4.78, 5) is 15.1. The van der Waals surface area contributed by atoms with Gasteiger partial charge in [0, 0.05) is 43.3 Å². The molecule has 3 rings (SSSR count). The van der Waals surface area contributed by atoms with E-state index in [4.69, 9.17) is 10.5 Å². The molecule has 3 atom stereocenters. The van der Waals surface area contributed by atoms with Crippen LogP contribution < -0.4 is 5.73 Å². The van der Waals surface area contributed by atoms with E-state index in [-0.39, 0.29) is 5.78 Å². The molecule has 1 aromatic carbocycles. The number of ketones is 1. The van der Waals surface area contributed by atoms with Crippen molar-refractivity contribution in [1.29, 1.82) is 0 Å². The van der Waals surface area contributed by atoms with Crippen LogP contribution in [0.2, 0.25) is 0 Å². The minimum absolute atomic E-state index is 0.209. The second kappa shape index (κ2) is 6.39. The number of hydrogen-bond donors (Lipinski definition) is 1. The summed E-state index contributed by atoms with van der Waals surface area (Å²) in [7, 11) is 1.77. The summed E-state index contributed by atoms with van der Waals surface area (Å²) < 4.78 is 5.40. The fourth-order valence-electron chi connectivity index (χ4n) is 4.33. The Hall–Kier alpha value is -1.39. The first-order valence-electron chi connectivity index (χ1n) is 8.30. The van der Waals surface area contributed by atoms with Crippen molar-refractivity contribution in [1.82, 2.24) is 4.90 Å². The first-order valence-corrected chi connectivity index (χ1v) is 8.30. The van der Waals surface area contributed by atoms with Crippen LogP contribution in [-0.2, 0) is 4.74 Å². The molecule has 0 amide bonds. The van der Waals surface area contributed by atoms with Gasteiger partial charge < -0.3 is 10.5 Å². The average molecular weight is 302 g/mol. The van der Waals surface area contributed by atoms with Crippen molar-refractivity contribution in [3.05, 3.63) is 29.3 Å². The van der Waals surface area contributed by atoms with Gasteiger partial charge >= 0.3 is 0 Å². The van der Waals surface area contributed by atoms with Crippen LogP contribution in [0, 0.1) is 5.92 Å². The smallest absolute Gasteiger partial charge is 0.166 e. The number of likely N-dealkylation sites (tertiary alicyclic amines) is 1. The Labute approximate surface area is 132 Å². The van der Waals surface area contributed by atoms with E-state index in [0.717, 1.165) is 43.7 Å². The summed E-state index contributed by atoms with van der Waals surface area (Å²) in [6.07, 6.45) is 2.80. The average Bonchev–Trinajstić information content (AvgIpc) is 2.49. The summed E-state index contributed by atoms with van der Waals surface area (Å²) in [5.41, 5.74) is 8.65. The van der Waals surface area contributed by atoms with Gasteiger partial charge in [0.25, 0.3) is 0 Å². The lowest BCUT2D eigenvalue weighted by Gasteiger charge is -2.47. The van der Waals surface area contributed by atoms with Gasteiger partial charge in [-0.15, -0.1) is 0 Å². The second-order valence-corrected chi connectivity index (χ2v) is 6.66. The summed E-state index contributed by atoms with van der Waals surface area (Å²) in [5, 5.41) is 0. The van der Waals surface area contributed by atoms with Crippen molar-refractivity contribution < 1.29 is 9.53 Å². The topological polar surface area (TPSA) is 55.6 Å². The zero-order chi connectivity index (χ0) is 15.7. The quantitative estimate of drug-likeness (QED) is 0.869. The van der Waals surface area contributed by atoms with E-state index in [1.54, 1.807) is 7.11 Å². The molecule has 0 bridgehead atoms. The number of nitrogens with two attached hydrogens (primary N) is 1. The molecule has 120 valence electrons. The summed E-state index contributed by atoms with van der Waals surface area (Å²) in [6.45, 7) is 5.07. The molecule has 0 aromatic heterocycles. The van der Waals surface area contributed by atoms with Gasteiger partial charge in [-0.2, -0.15) is 0 Å². The second-order valence-electron chi connectivity index (χ2n) is 6.66. The van der Waals surface area contributed by atoms with Crippen molar-refractivity contribution in [2.45, 2.75) is 38.1 Å². The zero-order valence-electron chi connectivity index (χ0n) is 13.5. The highest BCUT2D eigenvalue weighted by Crippen LogP contribution is 2.43. The van der Waals surface area contributed by atoms with E-state index < -0.39 is 0 Å². The number of carbonyl (C=O) groups excluding carboxylic acids is 1. The summed E-state index contributed by atoms with van der Waals surface area (Å²) >= 11 is 0. The van der Waals surface area contributed by atoms with Gasteiger partial charge in [-0.1, -0.05) is 19.1 Å². The van der Waals surface area contributed by atoms with Crippen LogP contribution in [0.1, 0.15) is 48.0 Å². The molecule has 1 saturated heterocycles. The lowest BCUT2D eigenvalue weighted by Crippen LogP contribution is -2.51. The first-order chi connectivity index (χ1) is 10.7. The largest absolute Gasteiger partial charge is 0.398 e. The predicted octanol–water partition coefficient (Wildman–Crippen LogP) is 2.69. The molecule has 4 heteroatoms. The first kappa shape index (κ1) is 15.5. The van der Waals surface area contributed by atoms with Crippen molar-refractivity contribution >= 4 is 11.5 Å². The lowest BCUT2D eigenvalue weighted by atomic mass is 9.71. The van der Waals surface area contributed by atoms with Crippen LogP contribution in [0.5, 0.6) is 0 Å². The molecule has 2 aliphatic rings. The Balaban J connectivity index is 1.97. The number of fused-ring (bicyclic) bond motifs is 3. The SMILES string of the molecule is CCCN1CC(COC)CC2c3cccc(N)c3C(=O)CC21. The fraction of sp³-hybridized carbons (Fsp3) is 0.611. The van der Waals surface area contributed by atoms with Crippen LogP contribution in [0.25, 0.3) is 0 Å². The Morgan fingerprint density at radius 1 is 1.41 bits per heavy atom. The molecule has 3 unspecified atom stereocenters. The number of piperidine rings is 1. The molecule has 4 nitrogen and oxygen atoms in total. The Bertz CT molecular complexity index is 558. The number of benzene rings is 1. The van der Waals surface area contributed by atoms with E-state index in [0.29, 0.717) is 30.0 Å². The standard InChI is InChI=1S/C18H26N2O2/c1-3-7-20-10-12(11-22-2)8-14-13-5-4-6-15(19)18(13)17(21)9-16(14)20/h4-6,12,14,16H,3,7-11,19H2,1-2H3. The third-order valence-corrected chi connectivity index (χ3v) is 5.13. The molecular weight excluding hydrogens is 276 g/mol. The van der Waals surface area contributed by atoms with Crippen molar-refractivity contribution in [2.24, 2.45) is 5.92 Å². The molecule has 1 fully saturated rings. The fourth-order valence-corrected chi connectivity index (χ4v) is 4.33. The molecule has 1 aromatic rings. The summed E-state index contributed by atoms with van der Waals surface area (Å²) in [5.74, 6) is 1.14. The van der Waals surface area contributed by atoms with Crippen LogP contribution in [0.4, 0.5) is 5.69 Å². The number of anilines is 1. The molecule has 1 aliphatic carbocycles. The maximum atomic E-state index is 12.6. The van der Waals surface area contributed by atoms with Gasteiger partial charge in [-0.05, 0) is 36.9 Å². The number of Topliss-reactive ketones (excluding diaryl/α,β-unsaturated/α-hetero) is 1. The molecule has 2 N–H and O–H groups in total. The molecular formula is C18H26N2O2. The minimum Gasteiger partial charge on any atom is -0.398 e. The number of nitrogen functional groups attached to an aromatic ring is 1. The van der Waals surface area contributed by atoms with Gasteiger partial charge in [0.15, 0.2) is 5.78 Å². The summed E-state index contributed by atoms with van der Waals surface area (Å²) in [6, 6.07) is 6.25. The number of ether oxygens (including phenoxy) is 1. The van der Waals surface area contributed by atoms with Gasteiger partial charge in [0.05, 0.1) is 6.61 Å². The number of rotatable bonds is 4. The zero-order valence-corrected chi connectivity index (χ0v) is 13.5. The van der Waals surface area contributed by atoms with Crippen molar-refractivity contribution in [2.75, 3.05) is 32.5 Å². The Morgan fingerprint density at radius 2 is 2.23 bits per heavy atom. The maximum absolute atomic E-state index is 12.6. The van der Waals surface area contributed by atoms with Gasteiger partial charge in [0.2, 0.25) is 0 Å². The Kier molecular flexibility index (Phi) is 4.50. The van der Waals surface area contributed by atoms with E-state index in [2.05, 4.69) is 17.9 Å². The lowest BCUT2D eigenvalue weighted by molar-refractivity contribution is 0.0356. The molecule has 22 heavy (non-hydrogen) atoms. The predicted molar refractivity (Wildman–Crippen MR) is 88.2 cm³/mol. The Morgan fingerprint density at radius 3 is 2.95 bits per heavy atom. The van der Waals surface area contributed by atoms with Crippen LogP contribution >= 0.6 is 0 Å². The minimum atomic E-state index is 0.209. The van der Waals surface area contributed by atoms with Gasteiger partial charge in [-0.25, -0.2) is 0 Å². The van der Waals surface area contributed by atoms with Crippen LogP contribution in [0.15, 0.2) is 18.2 Å². The molecule has 0 radical (unpaired) electrons. The van der Waals surface area contributed by atoms with Gasteiger partial charge in [0.1, 0.15) is 0 Å². The highest BCUT2D eigenvalue weighted by atomic mass is 16.5. The number of nitrogens with zero attached hydrogens (tertiary/aromatic N) is 1.